The first-order valence-corrected chi connectivity index (χ1v) is 6.19. The molecule has 0 bridgehead atoms. The molecule has 0 aromatic rings. The van der Waals surface area contributed by atoms with Crippen LogP contribution in [0, 0.1) is 0 Å². The number of hydrogen-bond donors (Lipinski definition) is 0. The van der Waals surface area contributed by atoms with Gasteiger partial charge in [-0.2, -0.15) is 47.8 Å². The van der Waals surface area contributed by atoms with Crippen LogP contribution in [0.3, 0.4) is 0 Å². The lowest BCUT2D eigenvalue weighted by Gasteiger charge is -2.29. The Morgan fingerprint density at radius 1 is 0.950 bits per heavy atom. The van der Waals surface area contributed by atoms with Crippen LogP contribution < -0.4 is 0 Å². The minimum absolute atomic E-state index is 1.44. The van der Waals surface area contributed by atoms with Crippen molar-refractivity contribution in [2.75, 3.05) is 0 Å². The lowest BCUT2D eigenvalue weighted by atomic mass is 10.6. The van der Waals surface area contributed by atoms with Crippen LogP contribution in [0.1, 0.15) is 0 Å². The van der Waals surface area contributed by atoms with Crippen LogP contribution in [0.25, 0.3) is 0 Å². The molecular weight excluding hydrogens is 378 g/mol. The molecule has 0 saturated heterocycles. The van der Waals surface area contributed by atoms with Crippen LogP contribution >= 0.6 is 11.6 Å². The molecule has 0 aliphatic carbocycles. The number of nitrogens with zero attached hydrogens (tertiary/aromatic N) is 1. The Morgan fingerprint density at radius 3 is 1.65 bits per heavy atom. The quantitative estimate of drug-likeness (QED) is 0.526. The molecule has 0 atom stereocenters. The average molecular weight is 378 g/mol. The molecule has 0 spiro atoms. The van der Waals surface area contributed by atoms with Gasteiger partial charge in [-0.15, -0.1) is 0 Å². The van der Waals surface area contributed by atoms with Crippen LogP contribution in [0.2, 0.25) is 0 Å². The van der Waals surface area contributed by atoms with Crippen molar-refractivity contribution in [2.45, 2.75) is 22.9 Å². The second-order valence-electron chi connectivity index (χ2n) is 2.77. The highest BCUT2D eigenvalue weighted by atomic mass is 35.5. The van der Waals surface area contributed by atoms with E-state index in [1.807, 2.05) is 4.74 Å². The van der Waals surface area contributed by atoms with E-state index in [9.17, 15) is 47.8 Å². The lowest BCUT2D eigenvalue weighted by molar-refractivity contribution is -0.442. The molecule has 0 aromatic heterocycles. The zero-order valence-electron chi connectivity index (χ0n) is 8.30. The Morgan fingerprint density at radius 2 is 1.35 bits per heavy atom. The first-order chi connectivity index (χ1) is 8.52. The fraction of sp³-hybridized carbons (Fsp3) is 1.00. The predicted octanol–water partition coefficient (Wildman–Crippen LogP) is 2.34. The number of sulfonamides is 1. The summed E-state index contributed by atoms with van der Waals surface area (Å²) in [4.78, 5) is 0. The summed E-state index contributed by atoms with van der Waals surface area (Å²) < 4.78 is 133. The standard InChI is InChI=1S/C4ClF8NO4S2/c5-1(6,7)2(8,9)18-3(10,11)4(12,13)20(16,17)14-19-15. The summed E-state index contributed by atoms with van der Waals surface area (Å²) in [6.07, 6.45) is -13.0. The third-order valence-electron chi connectivity index (χ3n) is 1.38. The molecule has 0 aliphatic rings. The monoisotopic (exact) mass is 377 g/mol. The van der Waals surface area contributed by atoms with Gasteiger partial charge in [0.05, 0.1) is 0 Å². The summed E-state index contributed by atoms with van der Waals surface area (Å²) in [5.74, 6) is 0. The molecule has 0 aliphatic heterocycles. The molecule has 0 N–H and O–H groups in total. The van der Waals surface area contributed by atoms with E-state index in [-0.39, 0.29) is 0 Å². The number of hydrogen-bond acceptors (Lipinski definition) is 4. The first kappa shape index (κ1) is 19.5. The van der Waals surface area contributed by atoms with Gasteiger partial charge in [0, 0.05) is 0 Å². The van der Waals surface area contributed by atoms with Gasteiger partial charge in [0.2, 0.25) is 11.5 Å². The molecular formula is C4ClF8NO4S2. The normalized spacial score (nSPS) is 15.1. The summed E-state index contributed by atoms with van der Waals surface area (Å²) in [6, 6.07) is 0. The van der Waals surface area contributed by atoms with Crippen molar-refractivity contribution in [1.29, 1.82) is 0 Å². The second-order valence-corrected chi connectivity index (χ2v) is 5.46. The molecule has 0 heterocycles. The van der Waals surface area contributed by atoms with Crippen molar-refractivity contribution in [3.63, 3.8) is 0 Å². The highest BCUT2D eigenvalue weighted by Crippen LogP contribution is 2.48. The van der Waals surface area contributed by atoms with E-state index in [4.69, 9.17) is 0 Å². The second kappa shape index (κ2) is 5.34. The molecule has 0 fully saturated rings. The maximum Gasteiger partial charge on any atom is 0.456 e. The van der Waals surface area contributed by atoms with Crippen LogP contribution in [0.15, 0.2) is 3.77 Å². The fourth-order valence-corrected chi connectivity index (χ4v) is 1.59. The van der Waals surface area contributed by atoms with Gasteiger partial charge in [-0.25, -0.2) is 4.74 Å². The molecule has 5 nitrogen and oxygen atoms in total. The van der Waals surface area contributed by atoms with Crippen LogP contribution in [-0.2, 0) is 26.2 Å². The number of rotatable bonds is 6. The highest BCUT2D eigenvalue weighted by molar-refractivity contribution is 7.94. The van der Waals surface area contributed by atoms with E-state index in [0.29, 0.717) is 0 Å². The van der Waals surface area contributed by atoms with Crippen molar-refractivity contribution in [3.8, 4) is 0 Å². The molecule has 0 saturated carbocycles. The van der Waals surface area contributed by atoms with Crippen molar-refractivity contribution in [3.05, 3.63) is 0 Å². The van der Waals surface area contributed by atoms with E-state index in [2.05, 4.69) is 11.6 Å². The van der Waals surface area contributed by atoms with Crippen molar-refractivity contribution in [2.24, 2.45) is 3.77 Å². The maximum absolute atomic E-state index is 12.8. The van der Waals surface area contributed by atoms with Gasteiger partial charge >= 0.3 is 32.9 Å². The molecule has 0 aromatic carbocycles. The number of ether oxygens (including phenoxy) is 1. The van der Waals surface area contributed by atoms with Gasteiger partial charge in [0.25, 0.3) is 0 Å². The van der Waals surface area contributed by atoms with Crippen molar-refractivity contribution >= 4 is 33.1 Å². The Kier molecular flexibility index (Phi) is 5.20. The van der Waals surface area contributed by atoms with Crippen molar-refractivity contribution < 1.29 is 52.5 Å². The van der Waals surface area contributed by atoms with E-state index < -0.39 is 44.3 Å². The smallest absolute Gasteiger partial charge is 0.243 e. The first-order valence-electron chi connectivity index (χ1n) is 3.68. The Balaban J connectivity index is 5.72. The minimum atomic E-state index is -6.66. The predicted molar refractivity (Wildman–Crippen MR) is 46.2 cm³/mol. The highest BCUT2D eigenvalue weighted by Gasteiger charge is 2.74. The third-order valence-corrected chi connectivity index (χ3v) is 3.51. The number of halogens is 9. The van der Waals surface area contributed by atoms with Gasteiger partial charge in [-0.3, -0.25) is 0 Å². The molecule has 16 heteroatoms. The van der Waals surface area contributed by atoms with Gasteiger partial charge in [-0.1, -0.05) is 3.77 Å². The Labute approximate surface area is 113 Å². The molecule has 120 valence electrons. The average Bonchev–Trinajstić information content (AvgIpc) is 2.12. The fourth-order valence-electron chi connectivity index (χ4n) is 0.515. The maximum atomic E-state index is 12.8. The van der Waals surface area contributed by atoms with Gasteiger partial charge in [-0.05, 0) is 11.6 Å². The summed E-state index contributed by atoms with van der Waals surface area (Å²) in [6.45, 7) is 0. The molecule has 0 amide bonds. The molecule has 20 heavy (non-hydrogen) atoms. The summed E-state index contributed by atoms with van der Waals surface area (Å²) >= 11 is 2.17. The largest absolute Gasteiger partial charge is 0.456 e. The van der Waals surface area contributed by atoms with E-state index >= 15 is 0 Å². The van der Waals surface area contributed by atoms with Crippen LogP contribution in [0.5, 0.6) is 0 Å². The van der Waals surface area contributed by atoms with E-state index in [1.54, 1.807) is 0 Å². The topological polar surface area (TPSA) is 72.8 Å². The van der Waals surface area contributed by atoms with Crippen LogP contribution in [0.4, 0.5) is 35.1 Å². The van der Waals surface area contributed by atoms with Crippen LogP contribution in [-0.4, -0.2) is 35.5 Å². The van der Waals surface area contributed by atoms with E-state index in [1.165, 1.54) is 3.77 Å². The SMILES string of the molecule is O=S=NS(=O)(=O)C(F)(F)C(F)(F)OC(F)(F)C(F)(F)Cl. The number of alkyl halides is 9. The van der Waals surface area contributed by atoms with Gasteiger partial charge in [0.15, 0.2) is 0 Å². The summed E-state index contributed by atoms with van der Waals surface area (Å²) in [7, 11) is -6.64. The summed E-state index contributed by atoms with van der Waals surface area (Å²) in [5, 5.41) is -12.4. The zero-order chi connectivity index (χ0) is 16.6. The van der Waals surface area contributed by atoms with Gasteiger partial charge < -0.3 is 0 Å². The van der Waals surface area contributed by atoms with Crippen molar-refractivity contribution in [1.82, 2.24) is 0 Å². The van der Waals surface area contributed by atoms with E-state index in [0.717, 1.165) is 0 Å². The lowest BCUT2D eigenvalue weighted by Crippen LogP contribution is -2.54. The minimum Gasteiger partial charge on any atom is -0.243 e. The molecule has 0 unspecified atom stereocenters. The Bertz CT molecular complexity index is 523. The molecule has 0 radical (unpaired) electrons. The van der Waals surface area contributed by atoms with Gasteiger partial charge in [0.1, 0.15) is 0 Å². The Hall–Kier alpha value is -0.540. The molecule has 0 rings (SSSR count). The third kappa shape index (κ3) is 3.56. The zero-order valence-corrected chi connectivity index (χ0v) is 10.7. The summed E-state index contributed by atoms with van der Waals surface area (Å²) in [5.41, 5.74) is 0.